The molecule has 2 saturated heterocycles. The summed E-state index contributed by atoms with van der Waals surface area (Å²) in [6.07, 6.45) is 1.33. The second-order valence-electron chi connectivity index (χ2n) is 6.23. The molecule has 3 rings (SSSR count). The van der Waals surface area contributed by atoms with Crippen molar-refractivity contribution in [3.05, 3.63) is 30.3 Å². The van der Waals surface area contributed by atoms with E-state index < -0.39 is 16.1 Å². The van der Waals surface area contributed by atoms with Crippen LogP contribution in [-0.2, 0) is 14.8 Å². The predicted octanol–water partition coefficient (Wildman–Crippen LogP) is 1.08. The van der Waals surface area contributed by atoms with Crippen molar-refractivity contribution in [3.63, 3.8) is 0 Å². The molecule has 0 aromatic heterocycles. The van der Waals surface area contributed by atoms with E-state index in [0.717, 1.165) is 13.0 Å². The molecule has 2 atom stereocenters. The van der Waals surface area contributed by atoms with Gasteiger partial charge in [-0.15, -0.1) is 12.4 Å². The number of carbonyl (C=O) groups is 1. The van der Waals surface area contributed by atoms with Crippen LogP contribution in [0.1, 0.15) is 19.8 Å². The molecule has 24 heavy (non-hydrogen) atoms. The molecule has 0 aliphatic carbocycles. The third-order valence-corrected chi connectivity index (χ3v) is 6.44. The average molecular weight is 374 g/mol. The second kappa shape index (κ2) is 7.82. The number of piperazine rings is 1. The summed E-state index contributed by atoms with van der Waals surface area (Å²) in [5.41, 5.74) is 0. The fourth-order valence-corrected chi connectivity index (χ4v) is 5.02. The molecule has 2 heterocycles. The Labute approximate surface area is 149 Å². The van der Waals surface area contributed by atoms with E-state index >= 15 is 0 Å². The van der Waals surface area contributed by atoms with Crippen molar-refractivity contribution < 1.29 is 13.2 Å². The highest BCUT2D eigenvalue weighted by molar-refractivity contribution is 7.89. The van der Waals surface area contributed by atoms with Crippen molar-refractivity contribution in [2.75, 3.05) is 26.2 Å². The van der Waals surface area contributed by atoms with E-state index in [4.69, 9.17) is 0 Å². The molecular formula is C16H24ClN3O3S. The SMILES string of the molecule is CC1CN(C(=O)C2CCCN2S(=O)(=O)c2ccccc2)CCN1.Cl. The van der Waals surface area contributed by atoms with Gasteiger partial charge >= 0.3 is 0 Å². The number of sulfonamides is 1. The highest BCUT2D eigenvalue weighted by atomic mass is 35.5. The minimum absolute atomic E-state index is 0. The summed E-state index contributed by atoms with van der Waals surface area (Å²) in [7, 11) is -3.61. The van der Waals surface area contributed by atoms with Crippen LogP contribution in [0.3, 0.4) is 0 Å². The number of rotatable bonds is 3. The summed E-state index contributed by atoms with van der Waals surface area (Å²) in [6, 6.07) is 8.05. The van der Waals surface area contributed by atoms with Crippen molar-refractivity contribution in [2.24, 2.45) is 0 Å². The number of hydrogen-bond acceptors (Lipinski definition) is 4. The van der Waals surface area contributed by atoms with E-state index in [1.54, 1.807) is 35.2 Å². The van der Waals surface area contributed by atoms with Crippen LogP contribution in [-0.4, -0.2) is 61.8 Å². The summed E-state index contributed by atoms with van der Waals surface area (Å²) in [6.45, 7) is 4.47. The fraction of sp³-hybridized carbons (Fsp3) is 0.562. The first-order valence-corrected chi connectivity index (χ1v) is 9.53. The van der Waals surface area contributed by atoms with Crippen LogP contribution in [0.4, 0.5) is 0 Å². The Morgan fingerprint density at radius 2 is 1.92 bits per heavy atom. The molecule has 1 aromatic rings. The molecule has 134 valence electrons. The lowest BCUT2D eigenvalue weighted by Gasteiger charge is -2.35. The zero-order chi connectivity index (χ0) is 16.4. The fourth-order valence-electron chi connectivity index (χ4n) is 3.35. The van der Waals surface area contributed by atoms with Crippen LogP contribution in [0, 0.1) is 0 Å². The quantitative estimate of drug-likeness (QED) is 0.860. The van der Waals surface area contributed by atoms with Gasteiger partial charge < -0.3 is 10.2 Å². The van der Waals surface area contributed by atoms with Crippen molar-refractivity contribution in [3.8, 4) is 0 Å². The molecule has 1 aromatic carbocycles. The van der Waals surface area contributed by atoms with Gasteiger partial charge in [0.15, 0.2) is 0 Å². The lowest BCUT2D eigenvalue weighted by Crippen LogP contribution is -2.56. The Morgan fingerprint density at radius 1 is 1.21 bits per heavy atom. The molecule has 1 N–H and O–H groups in total. The largest absolute Gasteiger partial charge is 0.338 e. The van der Waals surface area contributed by atoms with Gasteiger partial charge in [-0.3, -0.25) is 4.79 Å². The molecule has 6 nitrogen and oxygen atoms in total. The van der Waals surface area contributed by atoms with E-state index in [0.29, 0.717) is 26.1 Å². The predicted molar refractivity (Wildman–Crippen MR) is 94.6 cm³/mol. The standard InChI is InChI=1S/C16H23N3O3S.ClH/c1-13-12-18(11-9-17-13)16(20)15-8-5-10-19(15)23(21,22)14-6-3-2-4-7-14;/h2-4,6-7,13,15,17H,5,8-12H2,1H3;1H. The average Bonchev–Trinajstić information content (AvgIpc) is 3.05. The molecule has 0 spiro atoms. The highest BCUT2D eigenvalue weighted by Gasteiger charge is 2.41. The Morgan fingerprint density at radius 3 is 2.58 bits per heavy atom. The first-order chi connectivity index (χ1) is 11.0. The minimum Gasteiger partial charge on any atom is -0.338 e. The molecule has 2 aliphatic heterocycles. The zero-order valence-corrected chi connectivity index (χ0v) is 15.4. The number of benzene rings is 1. The molecule has 2 fully saturated rings. The van der Waals surface area contributed by atoms with Crippen molar-refractivity contribution in [2.45, 2.75) is 36.7 Å². The number of nitrogens with one attached hydrogen (secondary N) is 1. The van der Waals surface area contributed by atoms with E-state index in [-0.39, 0.29) is 29.3 Å². The topological polar surface area (TPSA) is 69.7 Å². The van der Waals surface area contributed by atoms with Crippen molar-refractivity contribution >= 4 is 28.3 Å². The molecular weight excluding hydrogens is 350 g/mol. The van der Waals surface area contributed by atoms with Gasteiger partial charge in [0, 0.05) is 32.2 Å². The Kier molecular flexibility index (Phi) is 6.25. The van der Waals surface area contributed by atoms with E-state index in [1.807, 2.05) is 6.92 Å². The Hall–Kier alpha value is -1.15. The van der Waals surface area contributed by atoms with E-state index in [9.17, 15) is 13.2 Å². The number of amides is 1. The molecule has 2 aliphatic rings. The third kappa shape index (κ3) is 3.74. The van der Waals surface area contributed by atoms with Crippen molar-refractivity contribution in [1.82, 2.24) is 14.5 Å². The van der Waals surface area contributed by atoms with Gasteiger partial charge in [0.2, 0.25) is 15.9 Å². The Bertz CT molecular complexity index is 668. The third-order valence-electron chi connectivity index (χ3n) is 4.52. The van der Waals surface area contributed by atoms with E-state index in [2.05, 4.69) is 5.32 Å². The van der Waals surface area contributed by atoms with Gasteiger partial charge in [0.25, 0.3) is 0 Å². The molecule has 0 bridgehead atoms. The molecule has 0 radical (unpaired) electrons. The Balaban J connectivity index is 0.00000208. The number of hydrogen-bond donors (Lipinski definition) is 1. The summed E-state index contributed by atoms with van der Waals surface area (Å²) in [5.74, 6) is -0.0599. The van der Waals surface area contributed by atoms with Crippen LogP contribution in [0.5, 0.6) is 0 Å². The normalized spacial score (nSPS) is 25.3. The minimum atomic E-state index is -3.61. The lowest BCUT2D eigenvalue weighted by molar-refractivity contribution is -0.135. The van der Waals surface area contributed by atoms with Gasteiger partial charge in [-0.1, -0.05) is 18.2 Å². The summed E-state index contributed by atoms with van der Waals surface area (Å²) in [4.78, 5) is 14.9. The highest BCUT2D eigenvalue weighted by Crippen LogP contribution is 2.27. The van der Waals surface area contributed by atoms with Gasteiger partial charge in [-0.05, 0) is 31.9 Å². The number of halogens is 1. The smallest absolute Gasteiger partial charge is 0.243 e. The number of nitrogens with zero attached hydrogens (tertiary/aromatic N) is 2. The summed E-state index contributed by atoms with van der Waals surface area (Å²) >= 11 is 0. The lowest BCUT2D eigenvalue weighted by atomic mass is 10.1. The van der Waals surface area contributed by atoms with Crippen LogP contribution in [0.15, 0.2) is 35.2 Å². The van der Waals surface area contributed by atoms with Gasteiger partial charge in [0.05, 0.1) is 4.90 Å². The van der Waals surface area contributed by atoms with Gasteiger partial charge in [0.1, 0.15) is 6.04 Å². The van der Waals surface area contributed by atoms with Crippen LogP contribution in [0.2, 0.25) is 0 Å². The van der Waals surface area contributed by atoms with E-state index in [1.165, 1.54) is 4.31 Å². The van der Waals surface area contributed by atoms with Crippen LogP contribution >= 0.6 is 12.4 Å². The first-order valence-electron chi connectivity index (χ1n) is 8.09. The maximum atomic E-state index is 12.8. The van der Waals surface area contributed by atoms with Gasteiger partial charge in [-0.2, -0.15) is 4.31 Å². The molecule has 8 heteroatoms. The van der Waals surface area contributed by atoms with Gasteiger partial charge in [-0.25, -0.2) is 8.42 Å². The van der Waals surface area contributed by atoms with Crippen LogP contribution in [0.25, 0.3) is 0 Å². The molecule has 0 saturated carbocycles. The zero-order valence-electron chi connectivity index (χ0n) is 13.7. The second-order valence-corrected chi connectivity index (χ2v) is 8.12. The number of carbonyl (C=O) groups excluding carboxylic acids is 1. The van der Waals surface area contributed by atoms with Crippen molar-refractivity contribution in [1.29, 1.82) is 0 Å². The molecule has 2 unspecified atom stereocenters. The van der Waals surface area contributed by atoms with Crippen LogP contribution < -0.4 is 5.32 Å². The summed E-state index contributed by atoms with van der Waals surface area (Å²) < 4.78 is 27.1. The maximum absolute atomic E-state index is 12.8. The molecule has 1 amide bonds. The monoisotopic (exact) mass is 373 g/mol. The maximum Gasteiger partial charge on any atom is 0.243 e. The first kappa shape index (κ1) is 19.2. The summed E-state index contributed by atoms with van der Waals surface area (Å²) in [5, 5.41) is 3.30.